The van der Waals surface area contributed by atoms with Gasteiger partial charge < -0.3 is 9.32 Å². The van der Waals surface area contributed by atoms with Crippen LogP contribution in [0.25, 0.3) is 0 Å². The molecule has 3 rings (SSSR count). The summed E-state index contributed by atoms with van der Waals surface area (Å²) in [6.07, 6.45) is 0.747. The van der Waals surface area contributed by atoms with Crippen LogP contribution in [-0.4, -0.2) is 28.1 Å². The molecule has 1 unspecified atom stereocenters. The SMILES string of the molecule is Cc1nc(C(=O)N2CCC(=O)CC2c2ccccc2)c(C)o1. The van der Waals surface area contributed by atoms with E-state index in [1.54, 1.807) is 18.7 Å². The Balaban J connectivity index is 1.94. The highest BCUT2D eigenvalue weighted by Crippen LogP contribution is 2.31. The molecule has 1 aliphatic heterocycles. The number of nitrogens with zero attached hydrogens (tertiary/aromatic N) is 2. The average Bonchev–Trinajstić information content (AvgIpc) is 2.86. The second kappa shape index (κ2) is 5.75. The lowest BCUT2D eigenvalue weighted by molar-refractivity contribution is -0.122. The molecule has 1 amide bonds. The molecule has 1 aromatic heterocycles. The van der Waals surface area contributed by atoms with E-state index in [9.17, 15) is 9.59 Å². The first-order valence-corrected chi connectivity index (χ1v) is 7.38. The van der Waals surface area contributed by atoms with Gasteiger partial charge in [-0.15, -0.1) is 0 Å². The van der Waals surface area contributed by atoms with Crippen molar-refractivity contribution in [2.75, 3.05) is 6.54 Å². The normalized spacial score (nSPS) is 18.5. The van der Waals surface area contributed by atoms with E-state index in [-0.39, 0.29) is 17.7 Å². The molecule has 5 heteroatoms. The van der Waals surface area contributed by atoms with Gasteiger partial charge in [0.2, 0.25) is 0 Å². The van der Waals surface area contributed by atoms with Crippen molar-refractivity contribution >= 4 is 11.7 Å². The van der Waals surface area contributed by atoms with Gasteiger partial charge in [-0.2, -0.15) is 0 Å². The van der Waals surface area contributed by atoms with Gasteiger partial charge in [0.15, 0.2) is 11.6 Å². The zero-order valence-electron chi connectivity index (χ0n) is 12.7. The van der Waals surface area contributed by atoms with Crippen LogP contribution in [0.5, 0.6) is 0 Å². The van der Waals surface area contributed by atoms with Crippen LogP contribution in [-0.2, 0) is 4.79 Å². The topological polar surface area (TPSA) is 63.4 Å². The predicted octanol–water partition coefficient (Wildman–Crippen LogP) is 2.84. The van der Waals surface area contributed by atoms with Crippen molar-refractivity contribution in [1.29, 1.82) is 0 Å². The second-order valence-corrected chi connectivity index (χ2v) is 5.56. The first kappa shape index (κ1) is 14.5. The highest BCUT2D eigenvalue weighted by atomic mass is 16.4. The molecule has 0 spiro atoms. The fraction of sp³-hybridized carbons (Fsp3) is 0.353. The van der Waals surface area contributed by atoms with Crippen LogP contribution in [0.1, 0.15) is 46.6 Å². The Kier molecular flexibility index (Phi) is 3.79. The molecule has 0 aliphatic carbocycles. The maximum Gasteiger partial charge on any atom is 0.276 e. The van der Waals surface area contributed by atoms with Gasteiger partial charge in [0.25, 0.3) is 5.91 Å². The van der Waals surface area contributed by atoms with Crippen molar-refractivity contribution in [3.05, 3.63) is 53.2 Å². The quantitative estimate of drug-likeness (QED) is 0.855. The van der Waals surface area contributed by atoms with Crippen LogP contribution in [0, 0.1) is 13.8 Å². The number of oxazole rings is 1. The van der Waals surface area contributed by atoms with Gasteiger partial charge in [0.05, 0.1) is 6.04 Å². The fourth-order valence-corrected chi connectivity index (χ4v) is 2.91. The number of hydrogen-bond acceptors (Lipinski definition) is 4. The van der Waals surface area contributed by atoms with Crippen LogP contribution in [0.15, 0.2) is 34.7 Å². The van der Waals surface area contributed by atoms with Gasteiger partial charge in [-0.1, -0.05) is 30.3 Å². The molecule has 0 bridgehead atoms. The fourth-order valence-electron chi connectivity index (χ4n) is 2.91. The third-order valence-corrected chi connectivity index (χ3v) is 3.98. The lowest BCUT2D eigenvalue weighted by Crippen LogP contribution is -2.41. The van der Waals surface area contributed by atoms with Gasteiger partial charge >= 0.3 is 0 Å². The monoisotopic (exact) mass is 298 g/mol. The van der Waals surface area contributed by atoms with Crippen LogP contribution >= 0.6 is 0 Å². The third-order valence-electron chi connectivity index (χ3n) is 3.98. The largest absolute Gasteiger partial charge is 0.445 e. The number of hydrogen-bond donors (Lipinski definition) is 0. The number of amides is 1. The highest BCUT2D eigenvalue weighted by molar-refractivity contribution is 5.95. The zero-order chi connectivity index (χ0) is 15.7. The molecular formula is C17H18N2O3. The van der Waals surface area contributed by atoms with Gasteiger partial charge in [0.1, 0.15) is 11.5 Å². The summed E-state index contributed by atoms with van der Waals surface area (Å²) in [4.78, 5) is 30.6. The summed E-state index contributed by atoms with van der Waals surface area (Å²) in [5, 5.41) is 0. The molecule has 2 aromatic rings. The van der Waals surface area contributed by atoms with Crippen LogP contribution in [0.2, 0.25) is 0 Å². The Morgan fingerprint density at radius 2 is 2.00 bits per heavy atom. The van der Waals surface area contributed by atoms with Crippen molar-refractivity contribution < 1.29 is 14.0 Å². The number of rotatable bonds is 2. The number of aryl methyl sites for hydroxylation is 2. The lowest BCUT2D eigenvalue weighted by atomic mass is 9.94. The summed E-state index contributed by atoms with van der Waals surface area (Å²) in [5.74, 6) is 1.01. The van der Waals surface area contributed by atoms with Crippen LogP contribution in [0.3, 0.4) is 0 Å². The Morgan fingerprint density at radius 1 is 1.27 bits per heavy atom. The number of aromatic nitrogens is 1. The number of Topliss-reactive ketones (excluding diaryl/α,β-unsaturated/α-hetero) is 1. The van der Waals surface area contributed by atoms with E-state index >= 15 is 0 Å². The summed E-state index contributed by atoms with van der Waals surface area (Å²) >= 11 is 0. The molecule has 2 heterocycles. The van der Waals surface area contributed by atoms with Gasteiger partial charge in [-0.3, -0.25) is 9.59 Å². The maximum atomic E-state index is 12.8. The number of likely N-dealkylation sites (tertiary alicyclic amines) is 1. The van der Waals surface area contributed by atoms with Crippen LogP contribution < -0.4 is 0 Å². The Hall–Kier alpha value is -2.43. The van der Waals surface area contributed by atoms with Crippen molar-refractivity contribution in [2.24, 2.45) is 0 Å². The molecule has 1 aliphatic rings. The zero-order valence-corrected chi connectivity index (χ0v) is 12.7. The molecule has 0 N–H and O–H groups in total. The molecule has 0 radical (unpaired) electrons. The van der Waals surface area contributed by atoms with Gasteiger partial charge in [-0.05, 0) is 12.5 Å². The van der Waals surface area contributed by atoms with E-state index in [2.05, 4.69) is 4.98 Å². The molecule has 5 nitrogen and oxygen atoms in total. The van der Waals surface area contributed by atoms with Gasteiger partial charge in [-0.25, -0.2) is 4.98 Å². The Bertz CT molecular complexity index is 706. The van der Waals surface area contributed by atoms with Crippen LogP contribution in [0.4, 0.5) is 0 Å². The maximum absolute atomic E-state index is 12.8. The minimum Gasteiger partial charge on any atom is -0.445 e. The molecule has 1 atom stereocenters. The van der Waals surface area contributed by atoms with E-state index in [1.807, 2.05) is 30.3 Å². The van der Waals surface area contributed by atoms with Crippen molar-refractivity contribution in [3.8, 4) is 0 Å². The Labute approximate surface area is 128 Å². The smallest absolute Gasteiger partial charge is 0.276 e. The number of benzene rings is 1. The molecular weight excluding hydrogens is 280 g/mol. The standard InChI is InChI=1S/C17H18N2O3/c1-11-16(18-12(2)22-11)17(21)19-9-8-14(20)10-15(19)13-6-4-3-5-7-13/h3-7,15H,8-10H2,1-2H3. The minimum atomic E-state index is -0.230. The van der Waals surface area contributed by atoms with E-state index < -0.39 is 0 Å². The summed E-state index contributed by atoms with van der Waals surface area (Å²) in [6.45, 7) is 3.88. The van der Waals surface area contributed by atoms with E-state index in [0.29, 0.717) is 36.7 Å². The van der Waals surface area contributed by atoms with Crippen molar-refractivity contribution in [1.82, 2.24) is 9.88 Å². The summed E-state index contributed by atoms with van der Waals surface area (Å²) < 4.78 is 5.36. The van der Waals surface area contributed by atoms with E-state index in [0.717, 1.165) is 5.56 Å². The van der Waals surface area contributed by atoms with Crippen molar-refractivity contribution in [2.45, 2.75) is 32.7 Å². The number of carbonyl (C=O) groups is 2. The van der Waals surface area contributed by atoms with Gasteiger partial charge in [0, 0.05) is 26.3 Å². The average molecular weight is 298 g/mol. The molecule has 1 aromatic carbocycles. The summed E-state index contributed by atoms with van der Waals surface area (Å²) in [7, 11) is 0. The minimum absolute atomic E-state index is 0.171. The van der Waals surface area contributed by atoms with Crippen molar-refractivity contribution in [3.63, 3.8) is 0 Å². The lowest BCUT2D eigenvalue weighted by Gasteiger charge is -2.35. The first-order chi connectivity index (χ1) is 10.6. The van der Waals surface area contributed by atoms with E-state index in [4.69, 9.17) is 4.42 Å². The molecule has 114 valence electrons. The predicted molar refractivity (Wildman–Crippen MR) is 80.4 cm³/mol. The third kappa shape index (κ3) is 2.66. The number of ketones is 1. The number of carbonyl (C=O) groups excluding carboxylic acids is 2. The summed E-state index contributed by atoms with van der Waals surface area (Å²) in [6, 6.07) is 9.43. The molecule has 22 heavy (non-hydrogen) atoms. The molecule has 1 fully saturated rings. The molecule has 0 saturated carbocycles. The van der Waals surface area contributed by atoms with E-state index in [1.165, 1.54) is 0 Å². The molecule has 1 saturated heterocycles. The highest BCUT2D eigenvalue weighted by Gasteiger charge is 2.34. The summed E-state index contributed by atoms with van der Waals surface area (Å²) in [5.41, 5.74) is 1.31. The first-order valence-electron chi connectivity index (χ1n) is 7.38. The Morgan fingerprint density at radius 3 is 2.64 bits per heavy atom. The second-order valence-electron chi connectivity index (χ2n) is 5.56. The number of piperidine rings is 1.